The van der Waals surface area contributed by atoms with E-state index in [1.807, 2.05) is 17.0 Å². The Balaban J connectivity index is 1.38. The molecule has 214 valence electrons. The Hall–Kier alpha value is -2.94. The van der Waals surface area contributed by atoms with Crippen LogP contribution >= 0.6 is 0 Å². The van der Waals surface area contributed by atoms with E-state index >= 15 is 0 Å². The van der Waals surface area contributed by atoms with Gasteiger partial charge in [0, 0.05) is 38.8 Å². The minimum atomic E-state index is -0.763. The van der Waals surface area contributed by atoms with Crippen molar-refractivity contribution in [3.05, 3.63) is 35.4 Å². The number of nitrogens with zero attached hydrogens (tertiary/aromatic N) is 3. The number of ether oxygens (including phenoxy) is 1. The van der Waals surface area contributed by atoms with Gasteiger partial charge in [0.05, 0.1) is 7.11 Å². The van der Waals surface area contributed by atoms with Crippen LogP contribution in [0.15, 0.2) is 24.3 Å². The van der Waals surface area contributed by atoms with E-state index in [1.54, 1.807) is 12.1 Å². The maximum atomic E-state index is 13.7. The standard InChI is InChI=1S/C30H44N4O5/c1-4-5-17-34-27(36)25(20-22-9-7-6-8-10-22)31-28(37)30(34)15-18-33(19-16-30)21-23-11-13-24(14-12-23)26(35)32(2)29(38)39-3/h11-14,22,25H,4-10,15-21H2,1-3H3,(H,31,37)/t25-/m0/s1. The Morgan fingerprint density at radius 2 is 1.74 bits per heavy atom. The molecular formula is C30H44N4O5. The van der Waals surface area contributed by atoms with Crippen molar-refractivity contribution in [1.82, 2.24) is 20.0 Å². The molecule has 3 aliphatic rings. The molecular weight excluding hydrogens is 496 g/mol. The second kappa shape index (κ2) is 12.9. The van der Waals surface area contributed by atoms with Gasteiger partial charge >= 0.3 is 6.09 Å². The highest BCUT2D eigenvalue weighted by atomic mass is 16.5. The lowest BCUT2D eigenvalue weighted by Gasteiger charge is -2.52. The number of nitrogens with one attached hydrogen (secondary N) is 1. The summed E-state index contributed by atoms with van der Waals surface area (Å²) in [6.45, 7) is 4.87. The first kappa shape index (κ1) is 29.1. The molecule has 1 aliphatic carbocycles. The minimum Gasteiger partial charge on any atom is -0.452 e. The molecule has 1 saturated carbocycles. The molecule has 2 heterocycles. The first-order valence-electron chi connectivity index (χ1n) is 14.6. The highest BCUT2D eigenvalue weighted by molar-refractivity contribution is 6.02. The first-order valence-corrected chi connectivity index (χ1v) is 14.6. The smallest absolute Gasteiger partial charge is 0.416 e. The van der Waals surface area contributed by atoms with Gasteiger partial charge in [0.25, 0.3) is 5.91 Å². The molecule has 39 heavy (non-hydrogen) atoms. The molecule has 0 unspecified atom stereocenters. The molecule has 1 spiro atoms. The molecule has 0 aromatic heterocycles. The van der Waals surface area contributed by atoms with Gasteiger partial charge in [-0.1, -0.05) is 57.6 Å². The maximum Gasteiger partial charge on any atom is 0.416 e. The van der Waals surface area contributed by atoms with Crippen molar-refractivity contribution in [3.8, 4) is 0 Å². The number of unbranched alkanes of at least 4 members (excludes halogenated alkanes) is 1. The fraction of sp³-hybridized carbons (Fsp3) is 0.667. The summed E-state index contributed by atoms with van der Waals surface area (Å²) in [5.74, 6) is 0.241. The van der Waals surface area contributed by atoms with Crippen LogP contribution in [0, 0.1) is 5.92 Å². The largest absolute Gasteiger partial charge is 0.452 e. The molecule has 4 amide bonds. The zero-order valence-electron chi connectivity index (χ0n) is 23.7. The summed E-state index contributed by atoms with van der Waals surface area (Å²) in [6, 6.07) is 6.83. The van der Waals surface area contributed by atoms with Crippen molar-refractivity contribution in [1.29, 1.82) is 0 Å². The van der Waals surface area contributed by atoms with Crippen LogP contribution < -0.4 is 5.32 Å². The predicted molar refractivity (Wildman–Crippen MR) is 148 cm³/mol. The Labute approximate surface area is 232 Å². The molecule has 1 N–H and O–H groups in total. The van der Waals surface area contributed by atoms with Crippen molar-refractivity contribution in [2.75, 3.05) is 33.8 Å². The lowest BCUT2D eigenvalue weighted by molar-refractivity contribution is -0.162. The lowest BCUT2D eigenvalue weighted by Crippen LogP contribution is -2.73. The summed E-state index contributed by atoms with van der Waals surface area (Å²) in [5.41, 5.74) is 0.694. The third-order valence-electron chi connectivity index (χ3n) is 8.88. The first-order chi connectivity index (χ1) is 18.8. The number of hydrogen-bond acceptors (Lipinski definition) is 6. The second-order valence-electron chi connectivity index (χ2n) is 11.4. The summed E-state index contributed by atoms with van der Waals surface area (Å²) in [7, 11) is 2.63. The van der Waals surface area contributed by atoms with Crippen LogP contribution in [0.3, 0.4) is 0 Å². The van der Waals surface area contributed by atoms with Crippen LogP contribution in [0.5, 0.6) is 0 Å². The normalized spacial score (nSPS) is 22.0. The van der Waals surface area contributed by atoms with E-state index in [0.29, 0.717) is 50.5 Å². The van der Waals surface area contributed by atoms with Crippen LogP contribution in [0.25, 0.3) is 0 Å². The molecule has 9 nitrogen and oxygen atoms in total. The Kier molecular flexibility index (Phi) is 9.64. The third kappa shape index (κ3) is 6.45. The fourth-order valence-corrected chi connectivity index (χ4v) is 6.43. The molecule has 3 fully saturated rings. The van der Waals surface area contributed by atoms with Crippen molar-refractivity contribution >= 4 is 23.8 Å². The van der Waals surface area contributed by atoms with E-state index in [2.05, 4.69) is 21.9 Å². The number of likely N-dealkylation sites (tertiary alicyclic amines) is 1. The molecule has 1 atom stereocenters. The van der Waals surface area contributed by atoms with E-state index in [9.17, 15) is 19.2 Å². The van der Waals surface area contributed by atoms with Crippen molar-refractivity contribution < 1.29 is 23.9 Å². The van der Waals surface area contributed by atoms with E-state index < -0.39 is 17.5 Å². The molecule has 0 radical (unpaired) electrons. The Morgan fingerprint density at radius 1 is 1.08 bits per heavy atom. The van der Waals surface area contributed by atoms with Crippen molar-refractivity contribution in [3.63, 3.8) is 0 Å². The number of carbonyl (C=O) groups is 4. The van der Waals surface area contributed by atoms with Gasteiger partial charge in [0.1, 0.15) is 11.6 Å². The quantitative estimate of drug-likeness (QED) is 0.536. The Bertz CT molecular complexity index is 1030. The molecule has 0 bridgehead atoms. The zero-order valence-corrected chi connectivity index (χ0v) is 23.7. The Morgan fingerprint density at radius 3 is 2.36 bits per heavy atom. The van der Waals surface area contributed by atoms with E-state index in [-0.39, 0.29) is 17.9 Å². The third-order valence-corrected chi connectivity index (χ3v) is 8.88. The van der Waals surface area contributed by atoms with Crippen molar-refractivity contribution in [2.45, 2.75) is 89.3 Å². The molecule has 4 rings (SSSR count). The van der Waals surface area contributed by atoms with Crippen LogP contribution in [-0.4, -0.2) is 83.9 Å². The van der Waals surface area contributed by atoms with E-state index in [4.69, 9.17) is 0 Å². The average molecular weight is 541 g/mol. The highest BCUT2D eigenvalue weighted by Crippen LogP contribution is 2.36. The van der Waals surface area contributed by atoms with Gasteiger partial charge in [-0.25, -0.2) is 9.69 Å². The fourth-order valence-electron chi connectivity index (χ4n) is 6.43. The molecule has 1 aromatic carbocycles. The van der Waals surface area contributed by atoms with Gasteiger partial charge in [-0.05, 0) is 49.3 Å². The van der Waals surface area contributed by atoms with Crippen LogP contribution in [-0.2, 0) is 20.9 Å². The number of carbonyl (C=O) groups excluding carboxylic acids is 4. The molecule has 2 aliphatic heterocycles. The van der Waals surface area contributed by atoms with Gasteiger partial charge in [-0.15, -0.1) is 0 Å². The zero-order chi connectivity index (χ0) is 28.0. The van der Waals surface area contributed by atoms with E-state index in [1.165, 1.54) is 33.4 Å². The monoisotopic (exact) mass is 540 g/mol. The number of amides is 4. The molecule has 2 saturated heterocycles. The lowest BCUT2D eigenvalue weighted by atomic mass is 9.79. The summed E-state index contributed by atoms with van der Waals surface area (Å²) in [4.78, 5) is 56.7. The number of benzene rings is 1. The number of piperazine rings is 1. The number of piperidine rings is 1. The predicted octanol–water partition coefficient (Wildman–Crippen LogP) is 3.96. The molecule has 9 heteroatoms. The summed E-state index contributed by atoms with van der Waals surface area (Å²) in [6.07, 6.45) is 9.22. The van der Waals surface area contributed by atoms with Crippen molar-refractivity contribution in [2.24, 2.45) is 5.92 Å². The van der Waals surface area contributed by atoms with Gasteiger partial charge in [0.15, 0.2) is 0 Å². The van der Waals surface area contributed by atoms with Crippen LogP contribution in [0.4, 0.5) is 4.79 Å². The summed E-state index contributed by atoms with van der Waals surface area (Å²) < 4.78 is 4.62. The SMILES string of the molecule is CCCCN1C(=O)[C@H](CC2CCCCC2)NC(=O)C12CCN(Cc1ccc(C(=O)N(C)C(=O)OC)cc1)CC2. The second-order valence-corrected chi connectivity index (χ2v) is 11.4. The average Bonchev–Trinajstić information content (AvgIpc) is 2.96. The van der Waals surface area contributed by atoms with Gasteiger partial charge < -0.3 is 15.0 Å². The van der Waals surface area contributed by atoms with Crippen LogP contribution in [0.1, 0.15) is 87.1 Å². The number of methoxy groups -OCH3 is 1. The summed E-state index contributed by atoms with van der Waals surface area (Å²) >= 11 is 0. The minimum absolute atomic E-state index is 0.0243. The number of hydrogen-bond donors (Lipinski definition) is 1. The van der Waals surface area contributed by atoms with Gasteiger partial charge in [-0.2, -0.15) is 0 Å². The topological polar surface area (TPSA) is 99.3 Å². The van der Waals surface area contributed by atoms with Gasteiger partial charge in [0.2, 0.25) is 11.8 Å². The maximum absolute atomic E-state index is 13.7. The van der Waals surface area contributed by atoms with Crippen LogP contribution in [0.2, 0.25) is 0 Å². The number of imide groups is 1. The van der Waals surface area contributed by atoms with Gasteiger partial charge in [-0.3, -0.25) is 19.3 Å². The number of rotatable bonds is 8. The van der Waals surface area contributed by atoms with E-state index in [0.717, 1.165) is 42.6 Å². The molecule has 1 aromatic rings. The summed E-state index contributed by atoms with van der Waals surface area (Å²) in [5, 5.41) is 3.17. The highest BCUT2D eigenvalue weighted by Gasteiger charge is 2.53.